The lowest BCUT2D eigenvalue weighted by Gasteiger charge is -2.04. The smallest absolute Gasteiger partial charge is 0.142 e. The molecular weight excluding hydrogens is 226 g/mol. The maximum Gasteiger partial charge on any atom is 0.142 e. The van der Waals surface area contributed by atoms with Gasteiger partial charge in [0.25, 0.3) is 0 Å². The predicted octanol–water partition coefficient (Wildman–Crippen LogP) is 2.99. The van der Waals surface area contributed by atoms with Crippen LogP contribution in [0.15, 0.2) is 11.4 Å². The minimum atomic E-state index is 0.888. The van der Waals surface area contributed by atoms with E-state index in [1.54, 1.807) is 11.3 Å². The molecule has 0 radical (unpaired) electrons. The second kappa shape index (κ2) is 4.81. The maximum atomic E-state index is 4.53. The molecule has 0 atom stereocenters. The summed E-state index contributed by atoms with van der Waals surface area (Å²) in [5.41, 5.74) is 0. The van der Waals surface area contributed by atoms with Crippen LogP contribution in [0.5, 0.6) is 0 Å². The minimum absolute atomic E-state index is 0.888. The molecular formula is C10H13N3S2. The summed E-state index contributed by atoms with van der Waals surface area (Å²) < 4.78 is 0. The van der Waals surface area contributed by atoms with Gasteiger partial charge in [0, 0.05) is 7.05 Å². The van der Waals surface area contributed by atoms with Crippen LogP contribution < -0.4 is 5.32 Å². The number of hydrogen-bond donors (Lipinski definition) is 1. The van der Waals surface area contributed by atoms with E-state index in [2.05, 4.69) is 33.7 Å². The normalized spacial score (nSPS) is 10.8. The molecule has 0 unspecified atom stereocenters. The van der Waals surface area contributed by atoms with E-state index in [0.29, 0.717) is 0 Å². The fraction of sp³-hybridized carbons (Fsp3) is 0.400. The van der Waals surface area contributed by atoms with E-state index in [0.717, 1.165) is 33.4 Å². The van der Waals surface area contributed by atoms with Crippen LogP contribution in [0.3, 0.4) is 0 Å². The Morgan fingerprint density at radius 3 is 3.07 bits per heavy atom. The number of anilines is 1. The van der Waals surface area contributed by atoms with Crippen LogP contribution >= 0.6 is 23.1 Å². The number of thiophene rings is 1. The van der Waals surface area contributed by atoms with E-state index in [-0.39, 0.29) is 0 Å². The molecule has 2 aromatic rings. The predicted molar refractivity (Wildman–Crippen MR) is 68.8 cm³/mol. The van der Waals surface area contributed by atoms with Gasteiger partial charge in [-0.3, -0.25) is 0 Å². The molecule has 0 aliphatic carbocycles. The first-order chi connectivity index (χ1) is 7.35. The van der Waals surface area contributed by atoms with Crippen molar-refractivity contribution in [1.29, 1.82) is 0 Å². The summed E-state index contributed by atoms with van der Waals surface area (Å²) in [5, 5.41) is 6.29. The van der Waals surface area contributed by atoms with Gasteiger partial charge in [-0.05, 0) is 17.2 Å². The molecule has 0 saturated carbocycles. The molecule has 0 aliphatic heterocycles. The molecule has 5 heteroatoms. The Morgan fingerprint density at radius 1 is 1.47 bits per heavy atom. The van der Waals surface area contributed by atoms with Gasteiger partial charge in [-0.2, -0.15) is 11.8 Å². The van der Waals surface area contributed by atoms with Crippen molar-refractivity contribution < 1.29 is 0 Å². The van der Waals surface area contributed by atoms with E-state index in [1.165, 1.54) is 0 Å². The molecule has 0 spiro atoms. The van der Waals surface area contributed by atoms with E-state index in [9.17, 15) is 0 Å². The van der Waals surface area contributed by atoms with Gasteiger partial charge in [0.2, 0.25) is 0 Å². The molecule has 0 bridgehead atoms. The van der Waals surface area contributed by atoms with Crippen molar-refractivity contribution in [2.24, 2.45) is 0 Å². The Hall–Kier alpha value is -0.810. The SMILES string of the molecule is CCSCc1nc(NC)c2ccsc2n1. The summed E-state index contributed by atoms with van der Waals surface area (Å²) in [6, 6.07) is 2.06. The van der Waals surface area contributed by atoms with E-state index in [4.69, 9.17) is 0 Å². The fourth-order valence-corrected chi connectivity index (χ4v) is 2.65. The first-order valence-corrected chi connectivity index (χ1v) is 6.88. The highest BCUT2D eigenvalue weighted by atomic mass is 32.2. The molecule has 0 fully saturated rings. The number of nitrogens with zero attached hydrogens (tertiary/aromatic N) is 2. The van der Waals surface area contributed by atoms with Crippen LogP contribution in [0.25, 0.3) is 10.2 Å². The molecule has 0 aliphatic rings. The molecule has 80 valence electrons. The highest BCUT2D eigenvalue weighted by molar-refractivity contribution is 7.98. The van der Waals surface area contributed by atoms with Gasteiger partial charge in [-0.1, -0.05) is 6.92 Å². The average molecular weight is 239 g/mol. The molecule has 1 N–H and O–H groups in total. The minimum Gasteiger partial charge on any atom is -0.372 e. The third kappa shape index (κ3) is 2.23. The zero-order valence-corrected chi connectivity index (χ0v) is 10.4. The number of fused-ring (bicyclic) bond motifs is 1. The Morgan fingerprint density at radius 2 is 2.33 bits per heavy atom. The second-order valence-corrected chi connectivity index (χ2v) is 5.18. The Kier molecular flexibility index (Phi) is 3.43. The molecule has 2 aromatic heterocycles. The van der Waals surface area contributed by atoms with Gasteiger partial charge in [-0.15, -0.1) is 11.3 Å². The Bertz CT molecular complexity index is 453. The number of rotatable bonds is 4. The summed E-state index contributed by atoms with van der Waals surface area (Å²) in [6.45, 7) is 2.15. The van der Waals surface area contributed by atoms with E-state index in [1.807, 2.05) is 18.8 Å². The monoisotopic (exact) mass is 239 g/mol. The zero-order valence-electron chi connectivity index (χ0n) is 8.78. The fourth-order valence-electron chi connectivity index (χ4n) is 1.35. The summed E-state index contributed by atoms with van der Waals surface area (Å²) >= 11 is 3.51. The standard InChI is InChI=1S/C10H13N3S2/c1-3-14-6-8-12-9(11-2)7-4-5-15-10(7)13-8/h4-5H,3,6H2,1-2H3,(H,11,12,13). The van der Waals surface area contributed by atoms with Crippen molar-refractivity contribution >= 4 is 39.1 Å². The highest BCUT2D eigenvalue weighted by Crippen LogP contribution is 2.25. The summed E-state index contributed by atoms with van der Waals surface area (Å²) in [4.78, 5) is 10.1. The highest BCUT2D eigenvalue weighted by Gasteiger charge is 2.06. The van der Waals surface area contributed by atoms with Gasteiger partial charge < -0.3 is 5.32 Å². The van der Waals surface area contributed by atoms with Gasteiger partial charge in [0.05, 0.1) is 11.1 Å². The summed E-state index contributed by atoms with van der Waals surface area (Å²) in [5.74, 6) is 3.84. The molecule has 3 nitrogen and oxygen atoms in total. The van der Waals surface area contributed by atoms with E-state index < -0.39 is 0 Å². The molecule has 0 amide bonds. The van der Waals surface area contributed by atoms with Gasteiger partial charge in [0.15, 0.2) is 0 Å². The van der Waals surface area contributed by atoms with Crippen LogP contribution in [0.2, 0.25) is 0 Å². The molecule has 0 saturated heterocycles. The second-order valence-electron chi connectivity index (χ2n) is 3.02. The lowest BCUT2D eigenvalue weighted by molar-refractivity contribution is 1.07. The van der Waals surface area contributed by atoms with Crippen LogP contribution in [-0.2, 0) is 5.75 Å². The third-order valence-corrected chi connectivity index (χ3v) is 3.72. The quantitative estimate of drug-likeness (QED) is 0.890. The number of thioether (sulfide) groups is 1. The molecule has 2 heterocycles. The van der Waals surface area contributed by atoms with Crippen LogP contribution in [0.1, 0.15) is 12.7 Å². The van der Waals surface area contributed by atoms with Crippen molar-refractivity contribution in [2.75, 3.05) is 18.1 Å². The van der Waals surface area contributed by atoms with Gasteiger partial charge in [-0.25, -0.2) is 9.97 Å². The van der Waals surface area contributed by atoms with Crippen LogP contribution in [-0.4, -0.2) is 22.8 Å². The molecule has 0 aromatic carbocycles. The number of nitrogens with one attached hydrogen (secondary N) is 1. The van der Waals surface area contributed by atoms with Crippen molar-refractivity contribution in [3.05, 3.63) is 17.3 Å². The first-order valence-electron chi connectivity index (χ1n) is 4.84. The van der Waals surface area contributed by atoms with Crippen molar-refractivity contribution in [2.45, 2.75) is 12.7 Å². The van der Waals surface area contributed by atoms with Gasteiger partial charge >= 0.3 is 0 Å². The molecule has 2 rings (SSSR count). The Balaban J connectivity index is 2.40. The summed E-state index contributed by atoms with van der Waals surface area (Å²) in [6.07, 6.45) is 0. The van der Waals surface area contributed by atoms with Crippen molar-refractivity contribution in [1.82, 2.24) is 9.97 Å². The van der Waals surface area contributed by atoms with Crippen LogP contribution in [0.4, 0.5) is 5.82 Å². The zero-order chi connectivity index (χ0) is 10.7. The average Bonchev–Trinajstić information content (AvgIpc) is 2.73. The third-order valence-electron chi connectivity index (χ3n) is 2.04. The lowest BCUT2D eigenvalue weighted by atomic mass is 10.4. The maximum absolute atomic E-state index is 4.53. The lowest BCUT2D eigenvalue weighted by Crippen LogP contribution is -1.99. The number of hydrogen-bond acceptors (Lipinski definition) is 5. The number of aromatic nitrogens is 2. The van der Waals surface area contributed by atoms with E-state index >= 15 is 0 Å². The first kappa shape index (κ1) is 10.7. The largest absolute Gasteiger partial charge is 0.372 e. The van der Waals surface area contributed by atoms with Crippen molar-refractivity contribution in [3.63, 3.8) is 0 Å². The molecule has 15 heavy (non-hydrogen) atoms. The van der Waals surface area contributed by atoms with Gasteiger partial charge in [0.1, 0.15) is 16.5 Å². The Labute approximate surface area is 97.3 Å². The summed E-state index contributed by atoms with van der Waals surface area (Å²) in [7, 11) is 1.90. The topological polar surface area (TPSA) is 37.8 Å². The van der Waals surface area contributed by atoms with Crippen molar-refractivity contribution in [3.8, 4) is 0 Å². The van der Waals surface area contributed by atoms with Crippen LogP contribution in [0, 0.1) is 0 Å².